The van der Waals surface area contributed by atoms with Crippen LogP contribution in [-0.4, -0.2) is 15.1 Å². The normalized spacial score (nSPS) is 10.6. The molecule has 0 aliphatic rings. The quantitative estimate of drug-likeness (QED) is 0.767. The molecule has 68 valence electrons. The summed E-state index contributed by atoms with van der Waals surface area (Å²) in [5, 5.41) is 9.93. The molecule has 0 aliphatic carbocycles. The first-order chi connectivity index (χ1) is 6.31. The number of nitrogens with one attached hydrogen (secondary N) is 1. The predicted octanol–water partition coefficient (Wildman–Crippen LogP) is 1.94. The van der Waals surface area contributed by atoms with Gasteiger partial charge in [0.15, 0.2) is 0 Å². The number of aromatic amines is 1. The van der Waals surface area contributed by atoms with Crippen LogP contribution in [0.15, 0.2) is 18.3 Å². The molecule has 3 nitrogen and oxygen atoms in total. The van der Waals surface area contributed by atoms with Crippen molar-refractivity contribution < 1.29 is 5.11 Å². The van der Waals surface area contributed by atoms with Crippen molar-refractivity contribution in [3.8, 4) is 10.7 Å². The Hall–Kier alpha value is -1.13. The Morgan fingerprint density at radius 3 is 3.00 bits per heavy atom. The second kappa shape index (κ2) is 3.32. The van der Waals surface area contributed by atoms with E-state index < -0.39 is 0 Å². The van der Waals surface area contributed by atoms with Crippen LogP contribution in [0.4, 0.5) is 0 Å². The summed E-state index contributed by atoms with van der Waals surface area (Å²) < 4.78 is 0. The summed E-state index contributed by atoms with van der Waals surface area (Å²) in [6.45, 7) is 1.98. The fraction of sp³-hybridized carbons (Fsp3) is 0.222. The molecule has 2 N–H and O–H groups in total. The number of aryl methyl sites for hydroxylation is 1. The molecule has 0 amide bonds. The molecule has 0 radical (unpaired) electrons. The van der Waals surface area contributed by atoms with E-state index in [1.54, 1.807) is 0 Å². The number of aliphatic hydroxyl groups excluding tert-OH is 1. The Labute approximate surface area is 80.1 Å². The minimum atomic E-state index is 0.0736. The highest BCUT2D eigenvalue weighted by Crippen LogP contribution is 2.26. The number of nitrogens with zero attached hydrogens (tertiary/aromatic N) is 1. The maximum atomic E-state index is 8.99. The number of thiazole rings is 1. The highest BCUT2D eigenvalue weighted by molar-refractivity contribution is 7.15. The van der Waals surface area contributed by atoms with Gasteiger partial charge in [-0.2, -0.15) is 0 Å². The van der Waals surface area contributed by atoms with Crippen molar-refractivity contribution in [3.63, 3.8) is 0 Å². The molecule has 13 heavy (non-hydrogen) atoms. The van der Waals surface area contributed by atoms with E-state index in [9.17, 15) is 0 Å². The molecule has 0 atom stereocenters. The zero-order valence-electron chi connectivity index (χ0n) is 7.24. The van der Waals surface area contributed by atoms with Crippen LogP contribution in [0.2, 0.25) is 0 Å². The van der Waals surface area contributed by atoms with Crippen LogP contribution in [0.5, 0.6) is 0 Å². The maximum Gasteiger partial charge on any atom is 0.140 e. The summed E-state index contributed by atoms with van der Waals surface area (Å²) in [5.74, 6) is 0. The first-order valence-corrected chi connectivity index (χ1v) is 4.84. The van der Waals surface area contributed by atoms with E-state index in [4.69, 9.17) is 5.11 Å². The molecule has 0 aliphatic heterocycles. The molecular formula is C9H10N2OS. The van der Waals surface area contributed by atoms with E-state index in [1.807, 2.05) is 25.3 Å². The summed E-state index contributed by atoms with van der Waals surface area (Å²) in [7, 11) is 0. The number of H-pyrrole nitrogens is 1. The Bertz CT molecular complexity index is 392. The number of aromatic nitrogens is 2. The fourth-order valence-corrected chi connectivity index (χ4v) is 2.06. The molecule has 0 fully saturated rings. The van der Waals surface area contributed by atoms with Crippen LogP contribution in [0.1, 0.15) is 10.6 Å². The second-order valence-corrected chi connectivity index (χ2v) is 3.85. The van der Waals surface area contributed by atoms with Gasteiger partial charge in [0, 0.05) is 6.20 Å². The molecule has 0 unspecified atom stereocenters. The zero-order chi connectivity index (χ0) is 9.26. The molecular weight excluding hydrogens is 184 g/mol. The van der Waals surface area contributed by atoms with Crippen molar-refractivity contribution in [3.05, 3.63) is 28.9 Å². The monoisotopic (exact) mass is 194 g/mol. The summed E-state index contributed by atoms with van der Waals surface area (Å²) in [6, 6.07) is 3.91. The van der Waals surface area contributed by atoms with Crippen molar-refractivity contribution in [2.24, 2.45) is 0 Å². The van der Waals surface area contributed by atoms with Crippen LogP contribution < -0.4 is 0 Å². The van der Waals surface area contributed by atoms with Gasteiger partial charge in [0.05, 0.1) is 22.9 Å². The van der Waals surface area contributed by atoms with Crippen LogP contribution in [0.3, 0.4) is 0 Å². The lowest BCUT2D eigenvalue weighted by atomic mass is 10.4. The third-order valence-corrected chi connectivity index (χ3v) is 3.04. The number of rotatable bonds is 2. The third-order valence-electron chi connectivity index (χ3n) is 1.86. The third kappa shape index (κ3) is 1.50. The first-order valence-electron chi connectivity index (χ1n) is 4.02. The van der Waals surface area contributed by atoms with Gasteiger partial charge in [0.25, 0.3) is 0 Å². The van der Waals surface area contributed by atoms with E-state index in [-0.39, 0.29) is 6.61 Å². The summed E-state index contributed by atoms with van der Waals surface area (Å²) >= 11 is 1.52. The largest absolute Gasteiger partial charge is 0.391 e. The Morgan fingerprint density at radius 1 is 1.62 bits per heavy atom. The highest BCUT2D eigenvalue weighted by atomic mass is 32.1. The lowest BCUT2D eigenvalue weighted by Gasteiger charge is -1.86. The molecule has 2 aromatic rings. The average molecular weight is 194 g/mol. The highest BCUT2D eigenvalue weighted by Gasteiger charge is 2.08. The molecule has 0 bridgehead atoms. The van der Waals surface area contributed by atoms with E-state index >= 15 is 0 Å². The van der Waals surface area contributed by atoms with Crippen LogP contribution >= 0.6 is 11.3 Å². The Morgan fingerprint density at radius 2 is 2.46 bits per heavy atom. The lowest BCUT2D eigenvalue weighted by Crippen LogP contribution is -1.80. The average Bonchev–Trinajstić information content (AvgIpc) is 2.71. The smallest absolute Gasteiger partial charge is 0.140 e. The van der Waals surface area contributed by atoms with Crippen molar-refractivity contribution >= 4 is 11.3 Å². The standard InChI is InChI=1S/C9H10N2OS/c1-6-8(5-12)13-9(11-6)7-3-2-4-10-7/h2-4,10,12H,5H2,1H3. The molecule has 2 heterocycles. The Kier molecular flexibility index (Phi) is 2.16. The number of hydrogen-bond donors (Lipinski definition) is 2. The van der Waals surface area contributed by atoms with Gasteiger partial charge in [-0.15, -0.1) is 11.3 Å². The van der Waals surface area contributed by atoms with E-state index in [2.05, 4.69) is 9.97 Å². The summed E-state index contributed by atoms with van der Waals surface area (Å²) in [4.78, 5) is 8.37. The number of aliphatic hydroxyl groups is 1. The van der Waals surface area contributed by atoms with Crippen molar-refractivity contribution in [1.29, 1.82) is 0 Å². The van der Waals surface area contributed by atoms with Gasteiger partial charge in [-0.25, -0.2) is 4.98 Å². The van der Waals surface area contributed by atoms with E-state index in [1.165, 1.54) is 11.3 Å². The van der Waals surface area contributed by atoms with Crippen LogP contribution in [0, 0.1) is 6.92 Å². The first kappa shape index (κ1) is 8.47. The van der Waals surface area contributed by atoms with Crippen molar-refractivity contribution in [1.82, 2.24) is 9.97 Å². The van der Waals surface area contributed by atoms with Gasteiger partial charge < -0.3 is 10.1 Å². The molecule has 2 rings (SSSR count). The molecule has 0 saturated carbocycles. The maximum absolute atomic E-state index is 8.99. The molecule has 4 heteroatoms. The van der Waals surface area contributed by atoms with Gasteiger partial charge in [0.2, 0.25) is 0 Å². The molecule has 0 aromatic carbocycles. The van der Waals surface area contributed by atoms with Gasteiger partial charge in [-0.1, -0.05) is 0 Å². The second-order valence-electron chi connectivity index (χ2n) is 2.77. The van der Waals surface area contributed by atoms with Gasteiger partial charge in [-0.05, 0) is 19.1 Å². The SMILES string of the molecule is Cc1nc(-c2ccc[nH]2)sc1CO. The minimum absolute atomic E-state index is 0.0736. The van der Waals surface area contributed by atoms with Crippen LogP contribution in [0.25, 0.3) is 10.7 Å². The predicted molar refractivity (Wildman–Crippen MR) is 52.6 cm³/mol. The minimum Gasteiger partial charge on any atom is -0.391 e. The zero-order valence-corrected chi connectivity index (χ0v) is 8.06. The van der Waals surface area contributed by atoms with Crippen molar-refractivity contribution in [2.75, 3.05) is 0 Å². The van der Waals surface area contributed by atoms with Gasteiger partial charge >= 0.3 is 0 Å². The summed E-state index contributed by atoms with van der Waals surface area (Å²) in [5.41, 5.74) is 1.92. The van der Waals surface area contributed by atoms with E-state index in [0.717, 1.165) is 21.3 Å². The van der Waals surface area contributed by atoms with Crippen LogP contribution in [-0.2, 0) is 6.61 Å². The number of hydrogen-bond acceptors (Lipinski definition) is 3. The van der Waals surface area contributed by atoms with E-state index in [0.29, 0.717) is 0 Å². The summed E-state index contributed by atoms with van der Waals surface area (Å²) in [6.07, 6.45) is 1.87. The lowest BCUT2D eigenvalue weighted by molar-refractivity contribution is 0.284. The Balaban J connectivity index is 2.43. The van der Waals surface area contributed by atoms with Crippen molar-refractivity contribution in [2.45, 2.75) is 13.5 Å². The molecule has 0 saturated heterocycles. The topological polar surface area (TPSA) is 48.9 Å². The van der Waals surface area contributed by atoms with Gasteiger partial charge in [0.1, 0.15) is 5.01 Å². The molecule has 2 aromatic heterocycles. The molecule has 0 spiro atoms. The fourth-order valence-electron chi connectivity index (χ4n) is 1.15. The van der Waals surface area contributed by atoms with Gasteiger partial charge in [-0.3, -0.25) is 0 Å².